The molecule has 0 aliphatic rings. The molecule has 0 aliphatic heterocycles. The van der Waals surface area contributed by atoms with E-state index < -0.39 is 0 Å². The van der Waals surface area contributed by atoms with E-state index in [1.165, 1.54) is 32.6 Å². The Morgan fingerprint density at radius 3 is 1.56 bits per heavy atom. The van der Waals surface area contributed by atoms with E-state index in [0.29, 0.717) is 11.1 Å². The quantitative estimate of drug-likeness (QED) is 0.181. The molecule has 0 N–H and O–H groups in total. The Morgan fingerprint density at radius 1 is 0.370 bits per heavy atom. The van der Waals surface area contributed by atoms with E-state index in [1.54, 1.807) is 6.07 Å². The number of hydrogen-bond donors (Lipinski definition) is 0. The highest BCUT2D eigenvalue weighted by atomic mass is 15.0. The summed E-state index contributed by atoms with van der Waals surface area (Å²) < 4.78 is 4.83. The molecule has 8 aromatic carbocycles. The first kappa shape index (κ1) is 31.1. The second-order valence-electron chi connectivity index (χ2n) is 13.6. The van der Waals surface area contributed by atoms with Crippen LogP contribution in [0, 0.1) is 22.7 Å². The van der Waals surface area contributed by atoms with Crippen molar-refractivity contribution in [1.29, 1.82) is 10.5 Å². The average Bonchev–Trinajstić information content (AvgIpc) is 3.77. The number of benzene rings is 8. The van der Waals surface area contributed by atoms with Crippen LogP contribution in [0.2, 0.25) is 0 Å². The van der Waals surface area contributed by atoms with Crippen LogP contribution in [0.15, 0.2) is 182 Å². The van der Waals surface area contributed by atoms with Crippen LogP contribution in [0.5, 0.6) is 0 Å². The predicted molar refractivity (Wildman–Crippen MR) is 221 cm³/mol. The Balaban J connectivity index is 1.38. The van der Waals surface area contributed by atoms with Gasteiger partial charge in [-0.15, -0.1) is 0 Å². The molecule has 4 nitrogen and oxygen atoms in total. The van der Waals surface area contributed by atoms with Crippen LogP contribution in [0.25, 0.3) is 88.4 Å². The van der Waals surface area contributed by atoms with E-state index >= 15 is 0 Å². The van der Waals surface area contributed by atoms with Crippen LogP contribution in [0.4, 0.5) is 0 Å². The van der Waals surface area contributed by atoms with Gasteiger partial charge in [0, 0.05) is 32.8 Å². The summed E-state index contributed by atoms with van der Waals surface area (Å²) in [5.74, 6) is 0. The van der Waals surface area contributed by atoms with Crippen molar-refractivity contribution < 1.29 is 0 Å². The van der Waals surface area contributed by atoms with Crippen molar-refractivity contribution in [3.05, 3.63) is 193 Å². The minimum absolute atomic E-state index is 0.452. The Kier molecular flexibility index (Phi) is 7.22. The molecule has 0 saturated heterocycles. The van der Waals surface area contributed by atoms with Gasteiger partial charge in [0.25, 0.3) is 0 Å². The van der Waals surface area contributed by atoms with Crippen molar-refractivity contribution in [2.45, 2.75) is 0 Å². The van der Waals surface area contributed by atoms with Gasteiger partial charge < -0.3 is 9.13 Å². The second-order valence-corrected chi connectivity index (χ2v) is 13.6. The fourth-order valence-corrected chi connectivity index (χ4v) is 8.24. The van der Waals surface area contributed by atoms with Crippen LogP contribution in [-0.4, -0.2) is 9.13 Å². The smallest absolute Gasteiger partial charge is 0.0992 e. The van der Waals surface area contributed by atoms with Crippen molar-refractivity contribution in [3.63, 3.8) is 0 Å². The molecule has 0 fully saturated rings. The lowest BCUT2D eigenvalue weighted by molar-refractivity contribution is 1.17. The number of nitrogens with zero attached hydrogens (tertiary/aromatic N) is 4. The largest absolute Gasteiger partial charge is 0.309 e. The van der Waals surface area contributed by atoms with Crippen molar-refractivity contribution in [2.75, 3.05) is 0 Å². The molecule has 4 heteroatoms. The predicted octanol–water partition coefficient (Wildman–Crippen LogP) is 12.6. The number of rotatable bonds is 5. The summed E-state index contributed by atoms with van der Waals surface area (Å²) in [5, 5.41) is 24.7. The van der Waals surface area contributed by atoms with Crippen LogP contribution in [-0.2, 0) is 0 Å². The van der Waals surface area contributed by atoms with Gasteiger partial charge in [0.05, 0.1) is 51.0 Å². The van der Waals surface area contributed by atoms with Crippen molar-refractivity contribution in [2.24, 2.45) is 0 Å². The van der Waals surface area contributed by atoms with Gasteiger partial charge in [0.15, 0.2) is 0 Å². The Hall–Kier alpha value is -7.66. The third-order valence-corrected chi connectivity index (χ3v) is 10.5. The first-order chi connectivity index (χ1) is 26.7. The highest BCUT2D eigenvalue weighted by Gasteiger charge is 2.24. The van der Waals surface area contributed by atoms with Gasteiger partial charge in [0.1, 0.15) is 0 Å². The van der Waals surface area contributed by atoms with Crippen molar-refractivity contribution >= 4 is 43.6 Å². The zero-order valence-electron chi connectivity index (χ0n) is 29.1. The van der Waals surface area contributed by atoms with E-state index in [4.69, 9.17) is 0 Å². The van der Waals surface area contributed by atoms with Crippen LogP contribution >= 0.6 is 0 Å². The zero-order valence-corrected chi connectivity index (χ0v) is 29.1. The minimum atomic E-state index is 0.452. The monoisotopic (exact) mass is 686 g/mol. The lowest BCUT2D eigenvalue weighted by atomic mass is 9.88. The molecule has 54 heavy (non-hydrogen) atoms. The molecule has 0 aliphatic carbocycles. The summed E-state index contributed by atoms with van der Waals surface area (Å²) >= 11 is 0. The third-order valence-electron chi connectivity index (χ3n) is 10.5. The highest BCUT2D eigenvalue weighted by Crippen LogP contribution is 2.46. The maximum absolute atomic E-state index is 9.97. The standard InChI is InChI=1S/C50H30N4/c51-31-33-26-34(32-52)28-37(27-33)42-29-44(36-16-6-2-7-17-36)48(30-43(42)35-14-4-1-5-15-35)54-46-23-13-11-21-41(46)49-47(54)25-24-40-39-20-10-12-22-45(39)53(50(40)49)38-18-8-3-9-19-38/h1-30H. The molecule has 0 atom stereocenters. The molecule has 2 heterocycles. The molecular weight excluding hydrogens is 657 g/mol. The highest BCUT2D eigenvalue weighted by molar-refractivity contribution is 6.26. The molecule has 0 radical (unpaired) electrons. The van der Waals surface area contributed by atoms with Gasteiger partial charge in [-0.2, -0.15) is 10.5 Å². The normalized spacial score (nSPS) is 11.3. The summed E-state index contributed by atoms with van der Waals surface area (Å²) in [4.78, 5) is 0. The van der Waals surface area contributed by atoms with Crippen molar-refractivity contribution in [3.8, 4) is 56.9 Å². The zero-order chi connectivity index (χ0) is 36.2. The Bertz CT molecular complexity index is 3120. The maximum Gasteiger partial charge on any atom is 0.0992 e. The van der Waals surface area contributed by atoms with E-state index in [9.17, 15) is 10.5 Å². The van der Waals surface area contributed by atoms with Gasteiger partial charge in [-0.3, -0.25) is 0 Å². The lowest BCUT2D eigenvalue weighted by Gasteiger charge is -2.20. The van der Waals surface area contributed by atoms with Crippen LogP contribution in [0.1, 0.15) is 11.1 Å². The van der Waals surface area contributed by atoms with Crippen molar-refractivity contribution in [1.82, 2.24) is 9.13 Å². The van der Waals surface area contributed by atoms with Gasteiger partial charge >= 0.3 is 0 Å². The molecule has 0 unspecified atom stereocenters. The average molecular weight is 687 g/mol. The van der Waals surface area contributed by atoms with E-state index in [1.807, 2.05) is 24.3 Å². The van der Waals surface area contributed by atoms with Gasteiger partial charge in [-0.25, -0.2) is 0 Å². The summed E-state index contributed by atoms with van der Waals surface area (Å²) in [6.45, 7) is 0. The second kappa shape index (κ2) is 12.5. The maximum atomic E-state index is 9.97. The third kappa shape index (κ3) is 4.83. The Morgan fingerprint density at radius 2 is 0.907 bits per heavy atom. The first-order valence-electron chi connectivity index (χ1n) is 18.0. The minimum Gasteiger partial charge on any atom is -0.309 e. The summed E-state index contributed by atoms with van der Waals surface area (Å²) in [7, 11) is 0. The molecule has 0 bridgehead atoms. The first-order valence-corrected chi connectivity index (χ1v) is 18.0. The summed E-state index contributed by atoms with van der Waals surface area (Å²) in [5.41, 5.74) is 13.5. The van der Waals surface area contributed by atoms with E-state index in [0.717, 1.165) is 55.8 Å². The van der Waals surface area contributed by atoms with Crippen LogP contribution in [0.3, 0.4) is 0 Å². The van der Waals surface area contributed by atoms with Gasteiger partial charge in [-0.05, 0) is 88.5 Å². The molecule has 10 aromatic rings. The number of nitriles is 2. The van der Waals surface area contributed by atoms with Gasteiger partial charge in [-0.1, -0.05) is 121 Å². The summed E-state index contributed by atoms with van der Waals surface area (Å²) in [6.07, 6.45) is 0. The lowest BCUT2D eigenvalue weighted by Crippen LogP contribution is -2.00. The number of aromatic nitrogens is 2. The Labute approximate surface area is 312 Å². The molecule has 0 amide bonds. The van der Waals surface area contributed by atoms with E-state index in [-0.39, 0.29) is 0 Å². The molecule has 250 valence electrons. The van der Waals surface area contributed by atoms with Crippen LogP contribution < -0.4 is 0 Å². The molecule has 0 spiro atoms. The molecule has 2 aromatic heterocycles. The molecular formula is C50H30N4. The van der Waals surface area contributed by atoms with Gasteiger partial charge in [0.2, 0.25) is 0 Å². The number of fused-ring (bicyclic) bond motifs is 7. The summed E-state index contributed by atoms with van der Waals surface area (Å²) in [6, 6.07) is 67.9. The molecule has 10 rings (SSSR count). The number of hydrogen-bond acceptors (Lipinski definition) is 2. The SMILES string of the molecule is N#Cc1cc(C#N)cc(-c2cc(-c3ccccc3)c(-n3c4ccccc4c4c3ccc3c5ccccc5n(-c5ccccc5)c34)cc2-c2ccccc2)c1. The fourth-order valence-electron chi connectivity index (χ4n) is 8.24. The van der Waals surface area contributed by atoms with E-state index in [2.05, 4.69) is 173 Å². The topological polar surface area (TPSA) is 57.4 Å². The fraction of sp³-hybridized carbons (Fsp3) is 0. The molecule has 0 saturated carbocycles. The number of para-hydroxylation sites is 3.